The van der Waals surface area contributed by atoms with Gasteiger partial charge in [-0.15, -0.1) is 0 Å². The summed E-state index contributed by atoms with van der Waals surface area (Å²) >= 11 is 0. The molecular formula is C13H13N3O. The normalized spacial score (nSPS) is 15.1. The summed E-state index contributed by atoms with van der Waals surface area (Å²) in [5, 5.41) is 0. The highest BCUT2D eigenvalue weighted by molar-refractivity contribution is 5.47. The number of ether oxygens (including phenoxy) is 1. The molecule has 86 valence electrons. The molecule has 4 nitrogen and oxygen atoms in total. The highest BCUT2D eigenvalue weighted by atomic mass is 16.5. The Morgan fingerprint density at radius 3 is 2.88 bits per heavy atom. The standard InChI is InChI=1S/C13H13N3O/c14-12(10-6-15-8-16-7-10)11-3-1-2-9-4-5-17-13(9)11/h1-3,6-8,12H,4-5,14H2. The van der Waals surface area contributed by atoms with Gasteiger partial charge in [0.25, 0.3) is 0 Å². The van der Waals surface area contributed by atoms with Crippen LogP contribution >= 0.6 is 0 Å². The van der Waals surface area contributed by atoms with Gasteiger partial charge in [-0.25, -0.2) is 9.97 Å². The number of rotatable bonds is 2. The molecule has 0 fully saturated rings. The molecule has 0 saturated heterocycles. The lowest BCUT2D eigenvalue weighted by molar-refractivity contribution is 0.352. The fourth-order valence-electron chi connectivity index (χ4n) is 2.14. The molecule has 4 heteroatoms. The molecule has 1 atom stereocenters. The summed E-state index contributed by atoms with van der Waals surface area (Å²) in [6, 6.07) is 5.87. The number of hydrogen-bond donors (Lipinski definition) is 1. The molecule has 2 heterocycles. The molecule has 1 aliphatic rings. The number of fused-ring (bicyclic) bond motifs is 1. The molecule has 1 aromatic heterocycles. The van der Waals surface area contributed by atoms with E-state index >= 15 is 0 Å². The molecule has 1 aliphatic heterocycles. The molecule has 1 unspecified atom stereocenters. The summed E-state index contributed by atoms with van der Waals surface area (Å²) in [6.45, 7) is 0.740. The fraction of sp³-hybridized carbons (Fsp3) is 0.231. The summed E-state index contributed by atoms with van der Waals surface area (Å²) in [5.41, 5.74) is 9.37. The minimum atomic E-state index is -0.232. The summed E-state index contributed by atoms with van der Waals surface area (Å²) < 4.78 is 5.65. The van der Waals surface area contributed by atoms with Crippen LogP contribution in [0.4, 0.5) is 0 Å². The average molecular weight is 227 g/mol. The van der Waals surface area contributed by atoms with Gasteiger partial charge in [0.2, 0.25) is 0 Å². The summed E-state index contributed by atoms with van der Waals surface area (Å²) in [7, 11) is 0. The largest absolute Gasteiger partial charge is 0.493 e. The second-order valence-corrected chi connectivity index (χ2v) is 4.08. The van der Waals surface area contributed by atoms with Crippen LogP contribution in [0.5, 0.6) is 5.75 Å². The van der Waals surface area contributed by atoms with Gasteiger partial charge in [0.15, 0.2) is 0 Å². The maximum absolute atomic E-state index is 6.23. The Labute approximate surface area is 99.5 Å². The van der Waals surface area contributed by atoms with Crippen molar-refractivity contribution in [2.75, 3.05) is 6.61 Å². The van der Waals surface area contributed by atoms with Crippen molar-refractivity contribution in [3.63, 3.8) is 0 Å². The Hall–Kier alpha value is -1.94. The number of para-hydroxylation sites is 1. The van der Waals surface area contributed by atoms with E-state index in [1.807, 2.05) is 12.1 Å². The van der Waals surface area contributed by atoms with Gasteiger partial charge in [-0.1, -0.05) is 18.2 Å². The number of hydrogen-bond acceptors (Lipinski definition) is 4. The predicted molar refractivity (Wildman–Crippen MR) is 63.7 cm³/mol. The smallest absolute Gasteiger partial charge is 0.127 e. The molecule has 17 heavy (non-hydrogen) atoms. The van der Waals surface area contributed by atoms with E-state index in [-0.39, 0.29) is 6.04 Å². The van der Waals surface area contributed by atoms with Crippen LogP contribution in [-0.4, -0.2) is 16.6 Å². The second-order valence-electron chi connectivity index (χ2n) is 4.08. The van der Waals surface area contributed by atoms with E-state index in [9.17, 15) is 0 Å². The lowest BCUT2D eigenvalue weighted by atomic mass is 9.98. The van der Waals surface area contributed by atoms with Crippen molar-refractivity contribution in [1.82, 2.24) is 9.97 Å². The van der Waals surface area contributed by atoms with Gasteiger partial charge in [-0.2, -0.15) is 0 Å². The quantitative estimate of drug-likeness (QED) is 0.843. The van der Waals surface area contributed by atoms with Crippen LogP contribution in [0.1, 0.15) is 22.7 Å². The predicted octanol–water partition coefficient (Wildman–Crippen LogP) is 1.46. The third kappa shape index (κ3) is 1.76. The minimum Gasteiger partial charge on any atom is -0.493 e. The lowest BCUT2D eigenvalue weighted by Crippen LogP contribution is -2.13. The van der Waals surface area contributed by atoms with Crippen molar-refractivity contribution in [1.29, 1.82) is 0 Å². The zero-order valence-corrected chi connectivity index (χ0v) is 9.34. The Balaban J connectivity index is 2.03. The number of nitrogens with zero attached hydrogens (tertiary/aromatic N) is 2. The molecule has 3 rings (SSSR count). The van der Waals surface area contributed by atoms with E-state index in [0.717, 1.165) is 29.9 Å². The third-order valence-electron chi connectivity index (χ3n) is 3.02. The minimum absolute atomic E-state index is 0.232. The van der Waals surface area contributed by atoms with Crippen LogP contribution in [0, 0.1) is 0 Å². The third-order valence-corrected chi connectivity index (χ3v) is 3.02. The Morgan fingerprint density at radius 2 is 2.06 bits per heavy atom. The summed E-state index contributed by atoms with van der Waals surface area (Å²) in [5.74, 6) is 0.934. The zero-order valence-electron chi connectivity index (χ0n) is 9.34. The van der Waals surface area contributed by atoms with Gasteiger partial charge in [0, 0.05) is 29.9 Å². The fourth-order valence-corrected chi connectivity index (χ4v) is 2.14. The van der Waals surface area contributed by atoms with Gasteiger partial charge < -0.3 is 10.5 Å². The molecule has 0 spiro atoms. The Kier molecular flexibility index (Phi) is 2.49. The van der Waals surface area contributed by atoms with Crippen molar-refractivity contribution in [2.24, 2.45) is 5.73 Å². The van der Waals surface area contributed by atoms with Crippen LogP contribution in [-0.2, 0) is 6.42 Å². The van der Waals surface area contributed by atoms with Crippen molar-refractivity contribution in [2.45, 2.75) is 12.5 Å². The van der Waals surface area contributed by atoms with E-state index in [0.29, 0.717) is 0 Å². The van der Waals surface area contributed by atoms with Crippen LogP contribution in [0.15, 0.2) is 36.9 Å². The first-order chi connectivity index (χ1) is 8.36. The molecule has 0 saturated carbocycles. The van der Waals surface area contributed by atoms with Crippen molar-refractivity contribution >= 4 is 0 Å². The molecule has 0 aliphatic carbocycles. The van der Waals surface area contributed by atoms with Crippen LogP contribution in [0.3, 0.4) is 0 Å². The van der Waals surface area contributed by atoms with E-state index in [1.54, 1.807) is 12.4 Å². The number of aromatic nitrogens is 2. The molecule has 0 radical (unpaired) electrons. The average Bonchev–Trinajstić information content (AvgIpc) is 2.87. The first kappa shape index (κ1) is 10.2. The van der Waals surface area contributed by atoms with Gasteiger partial charge in [0.05, 0.1) is 12.6 Å². The number of nitrogens with two attached hydrogens (primary N) is 1. The second kappa shape index (κ2) is 4.14. The number of benzene rings is 1. The lowest BCUT2D eigenvalue weighted by Gasteiger charge is -2.15. The van der Waals surface area contributed by atoms with E-state index in [4.69, 9.17) is 10.5 Å². The van der Waals surface area contributed by atoms with E-state index in [1.165, 1.54) is 11.9 Å². The van der Waals surface area contributed by atoms with Gasteiger partial charge >= 0.3 is 0 Å². The van der Waals surface area contributed by atoms with Crippen molar-refractivity contribution in [3.8, 4) is 5.75 Å². The molecule has 0 bridgehead atoms. The van der Waals surface area contributed by atoms with Crippen LogP contribution in [0.25, 0.3) is 0 Å². The molecule has 2 aromatic rings. The molecule has 1 aromatic carbocycles. The first-order valence-electron chi connectivity index (χ1n) is 5.61. The monoisotopic (exact) mass is 227 g/mol. The van der Waals surface area contributed by atoms with Crippen molar-refractivity contribution in [3.05, 3.63) is 53.6 Å². The maximum Gasteiger partial charge on any atom is 0.127 e. The van der Waals surface area contributed by atoms with Gasteiger partial charge in [-0.3, -0.25) is 0 Å². The van der Waals surface area contributed by atoms with E-state index < -0.39 is 0 Å². The Bertz CT molecular complexity index is 527. The first-order valence-corrected chi connectivity index (χ1v) is 5.61. The topological polar surface area (TPSA) is 61.0 Å². The summed E-state index contributed by atoms with van der Waals surface area (Å²) in [4.78, 5) is 7.99. The van der Waals surface area contributed by atoms with E-state index in [2.05, 4.69) is 16.0 Å². The molecule has 0 amide bonds. The van der Waals surface area contributed by atoms with Crippen LogP contribution in [0.2, 0.25) is 0 Å². The highest BCUT2D eigenvalue weighted by Gasteiger charge is 2.20. The highest BCUT2D eigenvalue weighted by Crippen LogP contribution is 2.34. The molecular weight excluding hydrogens is 214 g/mol. The molecule has 2 N–H and O–H groups in total. The zero-order chi connectivity index (χ0) is 11.7. The van der Waals surface area contributed by atoms with Gasteiger partial charge in [0.1, 0.15) is 12.1 Å². The summed E-state index contributed by atoms with van der Waals surface area (Å²) in [6.07, 6.45) is 5.95. The SMILES string of the molecule is NC(c1cncnc1)c1cccc2c1OCC2. The van der Waals surface area contributed by atoms with Crippen LogP contribution < -0.4 is 10.5 Å². The van der Waals surface area contributed by atoms with Gasteiger partial charge in [-0.05, 0) is 5.56 Å². The van der Waals surface area contributed by atoms with Crippen molar-refractivity contribution < 1.29 is 4.74 Å². The maximum atomic E-state index is 6.23. The Morgan fingerprint density at radius 1 is 1.24 bits per heavy atom.